The molecular formula is C12H26N2. The Balaban J connectivity index is 2.71. The van der Waals surface area contributed by atoms with Crippen molar-refractivity contribution in [2.75, 3.05) is 26.7 Å². The second-order valence-electron chi connectivity index (χ2n) is 4.92. The van der Waals surface area contributed by atoms with Gasteiger partial charge in [-0.05, 0) is 33.7 Å². The van der Waals surface area contributed by atoms with Crippen molar-refractivity contribution in [3.63, 3.8) is 0 Å². The van der Waals surface area contributed by atoms with Gasteiger partial charge in [-0.3, -0.25) is 9.80 Å². The Hall–Kier alpha value is -0.0800. The molecular weight excluding hydrogens is 172 g/mol. The molecule has 0 radical (unpaired) electrons. The topological polar surface area (TPSA) is 6.48 Å². The molecule has 0 atom stereocenters. The van der Waals surface area contributed by atoms with Gasteiger partial charge in [0.05, 0.1) is 0 Å². The van der Waals surface area contributed by atoms with Crippen LogP contribution in [0.4, 0.5) is 0 Å². The number of likely N-dealkylation sites (N-methyl/N-ethyl adjacent to an activating group) is 1. The van der Waals surface area contributed by atoms with Crippen LogP contribution in [-0.4, -0.2) is 48.1 Å². The van der Waals surface area contributed by atoms with Crippen molar-refractivity contribution in [1.82, 2.24) is 9.80 Å². The highest BCUT2D eigenvalue weighted by Gasteiger charge is 2.36. The number of hydrogen-bond acceptors (Lipinski definition) is 2. The average Bonchev–Trinajstić information content (AvgIpc) is 2.19. The Labute approximate surface area is 89.3 Å². The molecule has 0 aromatic carbocycles. The van der Waals surface area contributed by atoms with Gasteiger partial charge in [0.2, 0.25) is 0 Å². The first kappa shape index (κ1) is 12.0. The van der Waals surface area contributed by atoms with Gasteiger partial charge in [-0.15, -0.1) is 0 Å². The van der Waals surface area contributed by atoms with Crippen LogP contribution in [0.1, 0.15) is 40.5 Å². The van der Waals surface area contributed by atoms with E-state index in [2.05, 4.69) is 44.5 Å². The van der Waals surface area contributed by atoms with E-state index < -0.39 is 0 Å². The minimum atomic E-state index is 0.433. The van der Waals surface area contributed by atoms with Crippen molar-refractivity contribution in [3.8, 4) is 0 Å². The van der Waals surface area contributed by atoms with Gasteiger partial charge in [0.1, 0.15) is 0 Å². The summed E-state index contributed by atoms with van der Waals surface area (Å²) in [4.78, 5) is 5.18. The van der Waals surface area contributed by atoms with E-state index in [9.17, 15) is 0 Å². The van der Waals surface area contributed by atoms with Crippen LogP contribution in [0.2, 0.25) is 0 Å². The molecule has 84 valence electrons. The minimum absolute atomic E-state index is 0.433. The fourth-order valence-electron chi connectivity index (χ4n) is 2.55. The number of rotatable bonds is 3. The molecule has 0 spiro atoms. The summed E-state index contributed by atoms with van der Waals surface area (Å²) in [6.07, 6.45) is 2.53. The molecule has 0 amide bonds. The SMILES string of the molecule is CCC1(CC)CN(C(C)C)CCN1C. The molecule has 0 aromatic rings. The van der Waals surface area contributed by atoms with Crippen LogP contribution in [0.3, 0.4) is 0 Å². The molecule has 14 heavy (non-hydrogen) atoms. The maximum Gasteiger partial charge on any atom is 0.0328 e. The normalized spacial score (nSPS) is 24.4. The molecule has 1 rings (SSSR count). The van der Waals surface area contributed by atoms with E-state index in [0.717, 1.165) is 0 Å². The summed E-state index contributed by atoms with van der Waals surface area (Å²) >= 11 is 0. The smallest absolute Gasteiger partial charge is 0.0328 e. The van der Waals surface area contributed by atoms with Crippen LogP contribution < -0.4 is 0 Å². The predicted octanol–water partition coefficient (Wildman–Crippen LogP) is 2.20. The van der Waals surface area contributed by atoms with Crippen LogP contribution in [0.25, 0.3) is 0 Å². The maximum atomic E-state index is 2.62. The Morgan fingerprint density at radius 3 is 2.14 bits per heavy atom. The Morgan fingerprint density at radius 1 is 1.14 bits per heavy atom. The maximum absolute atomic E-state index is 2.62. The van der Waals surface area contributed by atoms with Crippen molar-refractivity contribution in [2.45, 2.75) is 52.1 Å². The Kier molecular flexibility index (Phi) is 3.96. The molecule has 2 heteroatoms. The summed E-state index contributed by atoms with van der Waals surface area (Å²) in [5, 5.41) is 0. The zero-order chi connectivity index (χ0) is 10.8. The predicted molar refractivity (Wildman–Crippen MR) is 62.7 cm³/mol. The lowest BCUT2D eigenvalue weighted by molar-refractivity contribution is -0.00339. The van der Waals surface area contributed by atoms with Crippen LogP contribution >= 0.6 is 0 Å². The van der Waals surface area contributed by atoms with Crippen molar-refractivity contribution in [1.29, 1.82) is 0 Å². The zero-order valence-corrected chi connectivity index (χ0v) is 10.5. The Morgan fingerprint density at radius 2 is 1.71 bits per heavy atom. The second-order valence-corrected chi connectivity index (χ2v) is 4.92. The van der Waals surface area contributed by atoms with Crippen molar-refractivity contribution in [2.24, 2.45) is 0 Å². The number of hydrogen-bond donors (Lipinski definition) is 0. The highest BCUT2D eigenvalue weighted by atomic mass is 15.3. The highest BCUT2D eigenvalue weighted by Crippen LogP contribution is 2.27. The van der Waals surface area contributed by atoms with Crippen molar-refractivity contribution in [3.05, 3.63) is 0 Å². The third-order valence-electron chi connectivity index (χ3n) is 4.08. The van der Waals surface area contributed by atoms with Gasteiger partial charge in [-0.25, -0.2) is 0 Å². The molecule has 1 fully saturated rings. The van der Waals surface area contributed by atoms with E-state index in [-0.39, 0.29) is 0 Å². The van der Waals surface area contributed by atoms with E-state index in [1.54, 1.807) is 0 Å². The molecule has 0 aliphatic carbocycles. The molecule has 1 saturated heterocycles. The van der Waals surface area contributed by atoms with Crippen LogP contribution in [-0.2, 0) is 0 Å². The van der Waals surface area contributed by atoms with Gasteiger partial charge < -0.3 is 0 Å². The lowest BCUT2D eigenvalue weighted by atomic mass is 9.88. The summed E-state index contributed by atoms with van der Waals surface area (Å²) in [7, 11) is 2.28. The molecule has 0 unspecified atom stereocenters. The van der Waals surface area contributed by atoms with Gasteiger partial charge in [-0.1, -0.05) is 13.8 Å². The summed E-state index contributed by atoms with van der Waals surface area (Å²) in [5.41, 5.74) is 0.433. The quantitative estimate of drug-likeness (QED) is 0.686. The average molecular weight is 198 g/mol. The van der Waals surface area contributed by atoms with Crippen LogP contribution in [0, 0.1) is 0 Å². The van der Waals surface area contributed by atoms with E-state index in [0.29, 0.717) is 11.6 Å². The van der Waals surface area contributed by atoms with Gasteiger partial charge in [-0.2, -0.15) is 0 Å². The third kappa shape index (κ3) is 2.12. The monoisotopic (exact) mass is 198 g/mol. The molecule has 1 heterocycles. The van der Waals surface area contributed by atoms with Crippen LogP contribution in [0.5, 0.6) is 0 Å². The first-order valence-corrected chi connectivity index (χ1v) is 6.01. The summed E-state index contributed by atoms with van der Waals surface area (Å²) < 4.78 is 0. The molecule has 0 saturated carbocycles. The second kappa shape index (κ2) is 4.63. The van der Waals surface area contributed by atoms with E-state index in [1.165, 1.54) is 32.5 Å². The van der Waals surface area contributed by atoms with Gasteiger partial charge in [0.25, 0.3) is 0 Å². The number of piperazine rings is 1. The fourth-order valence-corrected chi connectivity index (χ4v) is 2.55. The van der Waals surface area contributed by atoms with Gasteiger partial charge >= 0.3 is 0 Å². The molecule has 1 aliphatic heterocycles. The van der Waals surface area contributed by atoms with Gasteiger partial charge in [0, 0.05) is 31.2 Å². The van der Waals surface area contributed by atoms with E-state index in [4.69, 9.17) is 0 Å². The summed E-state index contributed by atoms with van der Waals surface area (Å²) in [6, 6.07) is 0.696. The summed E-state index contributed by atoms with van der Waals surface area (Å²) in [5.74, 6) is 0. The van der Waals surface area contributed by atoms with Crippen molar-refractivity contribution < 1.29 is 0 Å². The number of nitrogens with zero attached hydrogens (tertiary/aromatic N) is 2. The highest BCUT2D eigenvalue weighted by molar-refractivity contribution is 4.94. The first-order valence-electron chi connectivity index (χ1n) is 6.01. The first-order chi connectivity index (χ1) is 6.55. The molecule has 0 bridgehead atoms. The third-order valence-corrected chi connectivity index (χ3v) is 4.08. The van der Waals surface area contributed by atoms with E-state index >= 15 is 0 Å². The summed E-state index contributed by atoms with van der Waals surface area (Å²) in [6.45, 7) is 13.0. The standard InChI is InChI=1S/C12H26N2/c1-6-12(7-2)10-14(11(3)4)9-8-13(12)5/h11H,6-10H2,1-5H3. The largest absolute Gasteiger partial charge is 0.298 e. The van der Waals surface area contributed by atoms with Crippen molar-refractivity contribution >= 4 is 0 Å². The van der Waals surface area contributed by atoms with Gasteiger partial charge in [0.15, 0.2) is 0 Å². The van der Waals surface area contributed by atoms with E-state index in [1.807, 2.05) is 0 Å². The molecule has 0 N–H and O–H groups in total. The minimum Gasteiger partial charge on any atom is -0.298 e. The molecule has 2 nitrogen and oxygen atoms in total. The molecule has 1 aliphatic rings. The Bertz CT molecular complexity index is 173. The lowest BCUT2D eigenvalue weighted by Crippen LogP contribution is -2.61. The zero-order valence-electron chi connectivity index (χ0n) is 10.5. The van der Waals surface area contributed by atoms with Crippen LogP contribution in [0.15, 0.2) is 0 Å². The molecule has 0 aromatic heterocycles. The fraction of sp³-hybridized carbons (Fsp3) is 1.00. The lowest BCUT2D eigenvalue weighted by Gasteiger charge is -2.50.